The average molecular weight is 365 g/mol. The second-order valence-electron chi connectivity index (χ2n) is 7.27. The third kappa shape index (κ3) is 3.37. The van der Waals surface area contributed by atoms with E-state index >= 15 is 0 Å². The van der Waals surface area contributed by atoms with Gasteiger partial charge < -0.3 is 10.2 Å². The predicted molar refractivity (Wildman–Crippen MR) is 107 cm³/mol. The molecule has 0 aliphatic carbocycles. The van der Waals surface area contributed by atoms with Crippen LogP contribution >= 0.6 is 11.6 Å². The van der Waals surface area contributed by atoms with Crippen molar-refractivity contribution in [1.82, 2.24) is 9.97 Å². The van der Waals surface area contributed by atoms with Crippen LogP contribution in [0.3, 0.4) is 0 Å². The van der Waals surface area contributed by atoms with Gasteiger partial charge in [0.1, 0.15) is 5.82 Å². The van der Waals surface area contributed by atoms with Crippen molar-refractivity contribution in [3.63, 3.8) is 0 Å². The van der Waals surface area contributed by atoms with Gasteiger partial charge in [-0.25, -0.2) is 4.98 Å². The van der Waals surface area contributed by atoms with E-state index in [2.05, 4.69) is 53.3 Å². The van der Waals surface area contributed by atoms with Crippen LogP contribution in [0, 0.1) is 0 Å². The molecule has 1 aromatic heterocycles. The molecule has 26 heavy (non-hydrogen) atoms. The molecule has 0 amide bonds. The Labute approximate surface area is 158 Å². The van der Waals surface area contributed by atoms with Crippen molar-refractivity contribution in [2.75, 3.05) is 16.8 Å². The zero-order valence-electron chi connectivity index (χ0n) is 14.9. The Morgan fingerprint density at radius 1 is 1.08 bits per heavy atom. The van der Waals surface area contributed by atoms with E-state index in [1.54, 1.807) is 6.20 Å². The summed E-state index contributed by atoms with van der Waals surface area (Å²) in [7, 11) is 0. The maximum absolute atomic E-state index is 6.05. The third-order valence-corrected chi connectivity index (χ3v) is 4.97. The maximum Gasteiger partial charge on any atom is 0.229 e. The van der Waals surface area contributed by atoms with Crippen LogP contribution in [-0.4, -0.2) is 16.5 Å². The van der Waals surface area contributed by atoms with Crippen LogP contribution in [0.25, 0.3) is 0 Å². The molecule has 1 aliphatic rings. The highest BCUT2D eigenvalue weighted by Crippen LogP contribution is 2.35. The lowest BCUT2D eigenvalue weighted by Gasteiger charge is -2.40. The number of hydrogen-bond donors (Lipinski definition) is 1. The molecule has 0 spiro atoms. The normalized spacial score (nSPS) is 15.4. The zero-order chi connectivity index (χ0) is 18.1. The summed E-state index contributed by atoms with van der Waals surface area (Å²) in [5.74, 6) is 1.49. The standard InChI is InChI=1S/C21H21ClN4/c1-21(2)14-26(13-15-6-3-4-9-18(15)21)19-10-11-23-20(25-19)24-17-8-5-7-16(22)12-17/h3-12H,13-14H2,1-2H3,(H,23,24,25). The molecule has 4 rings (SSSR count). The number of anilines is 3. The minimum absolute atomic E-state index is 0.0698. The lowest BCUT2D eigenvalue weighted by Crippen LogP contribution is -2.42. The first-order chi connectivity index (χ1) is 12.5. The predicted octanol–water partition coefficient (Wildman–Crippen LogP) is 5.17. The van der Waals surface area contributed by atoms with E-state index in [0.29, 0.717) is 11.0 Å². The first kappa shape index (κ1) is 16.9. The van der Waals surface area contributed by atoms with E-state index in [1.807, 2.05) is 30.3 Å². The van der Waals surface area contributed by atoms with Gasteiger partial charge in [-0.2, -0.15) is 4.98 Å². The molecule has 5 heteroatoms. The molecule has 0 atom stereocenters. The zero-order valence-corrected chi connectivity index (χ0v) is 15.7. The molecule has 1 N–H and O–H groups in total. The van der Waals surface area contributed by atoms with Gasteiger partial charge in [-0.1, -0.05) is 55.8 Å². The topological polar surface area (TPSA) is 41.1 Å². The second kappa shape index (κ2) is 6.61. The molecule has 3 aromatic rings. The van der Waals surface area contributed by atoms with Crippen molar-refractivity contribution in [1.29, 1.82) is 0 Å². The fraction of sp³-hybridized carbons (Fsp3) is 0.238. The van der Waals surface area contributed by atoms with E-state index in [-0.39, 0.29) is 5.41 Å². The van der Waals surface area contributed by atoms with Crippen LogP contribution < -0.4 is 10.2 Å². The molecule has 2 aromatic carbocycles. The number of halogens is 1. The summed E-state index contributed by atoms with van der Waals surface area (Å²) in [6, 6.07) is 18.2. The molecular formula is C21H21ClN4. The highest BCUT2D eigenvalue weighted by atomic mass is 35.5. The number of aromatic nitrogens is 2. The van der Waals surface area contributed by atoms with Gasteiger partial charge in [0.15, 0.2) is 0 Å². The third-order valence-electron chi connectivity index (χ3n) is 4.74. The summed E-state index contributed by atoms with van der Waals surface area (Å²) in [6.45, 7) is 6.33. The first-order valence-electron chi connectivity index (χ1n) is 8.70. The summed E-state index contributed by atoms with van der Waals surface area (Å²) >= 11 is 6.05. The Kier molecular flexibility index (Phi) is 4.29. The number of hydrogen-bond acceptors (Lipinski definition) is 4. The molecule has 0 saturated carbocycles. The smallest absolute Gasteiger partial charge is 0.229 e. The molecule has 0 bridgehead atoms. The van der Waals surface area contributed by atoms with Gasteiger partial charge in [-0.3, -0.25) is 0 Å². The van der Waals surface area contributed by atoms with Gasteiger partial charge in [-0.05, 0) is 35.4 Å². The summed E-state index contributed by atoms with van der Waals surface area (Å²) in [5.41, 5.74) is 3.72. The number of benzene rings is 2. The number of fused-ring (bicyclic) bond motifs is 1. The molecule has 132 valence electrons. The van der Waals surface area contributed by atoms with E-state index in [1.165, 1.54) is 11.1 Å². The van der Waals surface area contributed by atoms with Gasteiger partial charge in [0.2, 0.25) is 5.95 Å². The van der Waals surface area contributed by atoms with E-state index in [4.69, 9.17) is 16.6 Å². The Morgan fingerprint density at radius 2 is 1.92 bits per heavy atom. The summed E-state index contributed by atoms with van der Waals surface area (Å²) in [6.07, 6.45) is 1.79. The molecule has 0 saturated heterocycles. The Balaban J connectivity index is 1.61. The van der Waals surface area contributed by atoms with Crippen molar-refractivity contribution in [3.05, 3.63) is 76.9 Å². The highest BCUT2D eigenvalue weighted by molar-refractivity contribution is 6.30. The lowest BCUT2D eigenvalue weighted by molar-refractivity contribution is 0.475. The van der Waals surface area contributed by atoms with Crippen LogP contribution in [0.1, 0.15) is 25.0 Å². The fourth-order valence-corrected chi connectivity index (χ4v) is 3.78. The molecule has 2 heterocycles. The molecule has 0 unspecified atom stereocenters. The maximum atomic E-state index is 6.05. The fourth-order valence-electron chi connectivity index (χ4n) is 3.59. The second-order valence-corrected chi connectivity index (χ2v) is 7.71. The highest BCUT2D eigenvalue weighted by Gasteiger charge is 2.32. The van der Waals surface area contributed by atoms with Crippen molar-refractivity contribution in [2.24, 2.45) is 0 Å². The van der Waals surface area contributed by atoms with Gasteiger partial charge in [-0.15, -0.1) is 0 Å². The quantitative estimate of drug-likeness (QED) is 0.696. The van der Waals surface area contributed by atoms with Crippen LogP contribution in [-0.2, 0) is 12.0 Å². The lowest BCUT2D eigenvalue weighted by atomic mass is 9.78. The van der Waals surface area contributed by atoms with E-state index in [0.717, 1.165) is 24.6 Å². The molecule has 4 nitrogen and oxygen atoms in total. The number of rotatable bonds is 3. The van der Waals surface area contributed by atoms with Crippen LogP contribution in [0.15, 0.2) is 60.8 Å². The number of nitrogens with one attached hydrogen (secondary N) is 1. The van der Waals surface area contributed by atoms with Gasteiger partial charge in [0.05, 0.1) is 0 Å². The summed E-state index contributed by atoms with van der Waals surface area (Å²) in [5, 5.41) is 3.91. The summed E-state index contributed by atoms with van der Waals surface area (Å²) < 4.78 is 0. The minimum Gasteiger partial charge on any atom is -0.351 e. The Bertz CT molecular complexity index is 939. The molecule has 0 fully saturated rings. The van der Waals surface area contributed by atoms with Gasteiger partial charge in [0.25, 0.3) is 0 Å². The SMILES string of the molecule is CC1(C)CN(c2ccnc(Nc3cccc(Cl)c3)n2)Cc2ccccc21. The molecule has 1 aliphatic heterocycles. The monoisotopic (exact) mass is 364 g/mol. The average Bonchev–Trinajstić information content (AvgIpc) is 2.61. The van der Waals surface area contributed by atoms with E-state index < -0.39 is 0 Å². The summed E-state index contributed by atoms with van der Waals surface area (Å²) in [4.78, 5) is 11.4. The van der Waals surface area contributed by atoms with Crippen LogP contribution in [0.2, 0.25) is 5.02 Å². The van der Waals surface area contributed by atoms with Crippen LogP contribution in [0.5, 0.6) is 0 Å². The van der Waals surface area contributed by atoms with Crippen molar-refractivity contribution in [3.8, 4) is 0 Å². The van der Waals surface area contributed by atoms with Crippen molar-refractivity contribution in [2.45, 2.75) is 25.8 Å². The van der Waals surface area contributed by atoms with Gasteiger partial charge >= 0.3 is 0 Å². The minimum atomic E-state index is 0.0698. The van der Waals surface area contributed by atoms with Crippen molar-refractivity contribution >= 4 is 29.1 Å². The van der Waals surface area contributed by atoms with Crippen LogP contribution in [0.4, 0.5) is 17.5 Å². The number of nitrogens with zero attached hydrogens (tertiary/aromatic N) is 3. The Morgan fingerprint density at radius 3 is 2.77 bits per heavy atom. The van der Waals surface area contributed by atoms with Gasteiger partial charge in [0, 0.05) is 35.4 Å². The van der Waals surface area contributed by atoms with Crippen molar-refractivity contribution < 1.29 is 0 Å². The first-order valence-corrected chi connectivity index (χ1v) is 9.08. The molecular weight excluding hydrogens is 344 g/mol. The van der Waals surface area contributed by atoms with E-state index in [9.17, 15) is 0 Å². The largest absolute Gasteiger partial charge is 0.351 e. The Hall–Kier alpha value is -2.59. The molecule has 0 radical (unpaired) electrons.